The SMILES string of the molecule is CN1CCc2nc(C(=O)N[C@@H]3C[C@@H](CS(C)(=O)=O)CCC3NC(=O)c3cc4cc(Cl)ccc4[nH]3)sc2C1. The van der Waals surface area contributed by atoms with Gasteiger partial charge in [0.25, 0.3) is 11.8 Å². The standard InChI is InChI=1S/C25H30ClN5O4S2/c1-31-8-7-19-22(12-31)36-25(30-19)24(33)29-20-9-14(13-37(2,34)35)3-5-18(20)28-23(32)21-11-15-10-16(26)4-6-17(15)27-21/h4,6,10-11,14,18,20,27H,3,5,7-9,12-13H2,1-2H3,(H,28,32)(H,29,33)/t14-,18?,20+/m0/s1. The molecule has 3 heterocycles. The molecule has 2 amide bonds. The van der Waals surface area contributed by atoms with Gasteiger partial charge in [0.05, 0.1) is 11.4 Å². The van der Waals surface area contributed by atoms with Crippen molar-refractivity contribution >= 4 is 55.5 Å². The van der Waals surface area contributed by atoms with Crippen molar-refractivity contribution in [3.63, 3.8) is 0 Å². The first-order chi connectivity index (χ1) is 17.5. The van der Waals surface area contributed by atoms with E-state index in [1.807, 2.05) is 13.1 Å². The van der Waals surface area contributed by atoms with E-state index in [0.717, 1.165) is 41.0 Å². The Morgan fingerprint density at radius 3 is 2.76 bits per heavy atom. The normalized spacial score (nSPS) is 22.5. The molecule has 37 heavy (non-hydrogen) atoms. The first kappa shape index (κ1) is 26.1. The number of amides is 2. The van der Waals surface area contributed by atoms with Crippen LogP contribution in [0.2, 0.25) is 5.02 Å². The Morgan fingerprint density at radius 1 is 1.19 bits per heavy atom. The van der Waals surface area contributed by atoms with Crippen molar-refractivity contribution in [3.8, 4) is 0 Å². The summed E-state index contributed by atoms with van der Waals surface area (Å²) in [6.45, 7) is 1.68. The van der Waals surface area contributed by atoms with Crippen molar-refractivity contribution in [3.05, 3.63) is 50.6 Å². The molecule has 0 spiro atoms. The number of nitrogens with one attached hydrogen (secondary N) is 3. The zero-order valence-electron chi connectivity index (χ0n) is 20.7. The molecule has 1 fully saturated rings. The van der Waals surface area contributed by atoms with Crippen LogP contribution in [0.1, 0.15) is 50.1 Å². The van der Waals surface area contributed by atoms with E-state index in [-0.39, 0.29) is 29.5 Å². The minimum absolute atomic E-state index is 0.0562. The lowest BCUT2D eigenvalue weighted by Gasteiger charge is -2.36. The lowest BCUT2D eigenvalue weighted by molar-refractivity contribution is 0.0846. The van der Waals surface area contributed by atoms with Crippen molar-refractivity contribution in [1.82, 2.24) is 25.5 Å². The Morgan fingerprint density at radius 2 is 1.97 bits per heavy atom. The van der Waals surface area contributed by atoms with Gasteiger partial charge in [0.1, 0.15) is 15.5 Å². The van der Waals surface area contributed by atoms with Crippen molar-refractivity contribution < 1.29 is 18.0 Å². The molecule has 9 nitrogen and oxygen atoms in total. The van der Waals surface area contributed by atoms with Gasteiger partial charge in [-0.25, -0.2) is 13.4 Å². The van der Waals surface area contributed by atoms with Gasteiger partial charge >= 0.3 is 0 Å². The number of halogens is 1. The van der Waals surface area contributed by atoms with Gasteiger partial charge in [-0.3, -0.25) is 9.59 Å². The number of aromatic amines is 1. The Balaban J connectivity index is 1.33. The quantitative estimate of drug-likeness (QED) is 0.423. The topological polar surface area (TPSA) is 124 Å². The predicted molar refractivity (Wildman–Crippen MR) is 145 cm³/mol. The molecule has 0 radical (unpaired) electrons. The molecule has 2 aromatic heterocycles. The highest BCUT2D eigenvalue weighted by atomic mass is 35.5. The van der Waals surface area contributed by atoms with Crippen LogP contribution in [0.5, 0.6) is 0 Å². The van der Waals surface area contributed by atoms with Gasteiger partial charge in [-0.1, -0.05) is 11.6 Å². The number of likely N-dealkylation sites (N-methyl/N-ethyl adjacent to an activating group) is 1. The Kier molecular flexibility index (Phi) is 7.32. The zero-order chi connectivity index (χ0) is 26.3. The summed E-state index contributed by atoms with van der Waals surface area (Å²) in [5.74, 6) is -0.611. The molecule has 198 valence electrons. The van der Waals surface area contributed by atoms with Gasteiger partial charge in [0.2, 0.25) is 0 Å². The summed E-state index contributed by atoms with van der Waals surface area (Å²) in [5, 5.41) is 7.96. The minimum Gasteiger partial charge on any atom is -0.351 e. The van der Waals surface area contributed by atoms with Crippen LogP contribution in [0.15, 0.2) is 24.3 Å². The first-order valence-electron chi connectivity index (χ1n) is 12.3. The Hall–Kier alpha value is -2.47. The fourth-order valence-corrected chi connectivity index (χ4v) is 7.72. The lowest BCUT2D eigenvalue weighted by Crippen LogP contribution is -2.55. The summed E-state index contributed by atoms with van der Waals surface area (Å²) in [6, 6.07) is 6.35. The summed E-state index contributed by atoms with van der Waals surface area (Å²) in [6.07, 6.45) is 3.70. The number of aromatic nitrogens is 2. The average molecular weight is 564 g/mol. The molecule has 1 unspecified atom stereocenters. The number of rotatable bonds is 6. The van der Waals surface area contributed by atoms with Gasteiger partial charge in [0.15, 0.2) is 5.01 Å². The highest BCUT2D eigenvalue weighted by Gasteiger charge is 2.35. The molecule has 3 aromatic rings. The molecule has 12 heteroatoms. The summed E-state index contributed by atoms with van der Waals surface area (Å²) in [5.41, 5.74) is 2.17. The second-order valence-corrected chi connectivity index (χ2v) is 13.9. The summed E-state index contributed by atoms with van der Waals surface area (Å²) in [4.78, 5) is 37.4. The van der Waals surface area contributed by atoms with Crippen molar-refractivity contribution in [2.24, 2.45) is 5.92 Å². The van der Waals surface area contributed by atoms with E-state index in [1.54, 1.807) is 18.2 Å². The average Bonchev–Trinajstić information content (AvgIpc) is 3.43. The van der Waals surface area contributed by atoms with E-state index in [4.69, 9.17) is 11.6 Å². The van der Waals surface area contributed by atoms with Crippen molar-refractivity contribution in [1.29, 1.82) is 0 Å². The molecule has 1 aromatic carbocycles. The molecule has 3 atom stereocenters. The Bertz CT molecular complexity index is 1450. The number of sulfone groups is 1. The van der Waals surface area contributed by atoms with E-state index >= 15 is 0 Å². The monoisotopic (exact) mass is 563 g/mol. The van der Waals surface area contributed by atoms with Crippen LogP contribution in [0, 0.1) is 5.92 Å². The van der Waals surface area contributed by atoms with E-state index in [9.17, 15) is 18.0 Å². The van der Waals surface area contributed by atoms with Crippen LogP contribution >= 0.6 is 22.9 Å². The van der Waals surface area contributed by atoms with E-state index in [1.165, 1.54) is 17.6 Å². The van der Waals surface area contributed by atoms with E-state index < -0.39 is 15.9 Å². The third-order valence-electron chi connectivity index (χ3n) is 7.07. The zero-order valence-corrected chi connectivity index (χ0v) is 23.1. The van der Waals surface area contributed by atoms with Gasteiger partial charge in [-0.2, -0.15) is 0 Å². The fraction of sp³-hybridized carbons (Fsp3) is 0.480. The van der Waals surface area contributed by atoms with Gasteiger partial charge in [0, 0.05) is 58.7 Å². The first-order valence-corrected chi connectivity index (χ1v) is 15.5. The molecule has 1 saturated carbocycles. The van der Waals surface area contributed by atoms with Gasteiger partial charge in [-0.15, -0.1) is 11.3 Å². The molecular formula is C25H30ClN5O4S2. The maximum atomic E-state index is 13.2. The molecule has 3 N–H and O–H groups in total. The molecule has 5 rings (SSSR count). The van der Waals surface area contributed by atoms with Gasteiger partial charge < -0.3 is 20.5 Å². The number of carbonyl (C=O) groups excluding carboxylic acids is 2. The number of carbonyl (C=O) groups is 2. The number of H-pyrrole nitrogens is 1. The van der Waals surface area contributed by atoms with Crippen LogP contribution in [-0.2, 0) is 22.8 Å². The fourth-order valence-electron chi connectivity index (χ4n) is 5.29. The van der Waals surface area contributed by atoms with Crippen molar-refractivity contribution in [2.45, 2.75) is 44.3 Å². The summed E-state index contributed by atoms with van der Waals surface area (Å²) in [7, 11) is -1.12. The number of nitrogens with zero attached hydrogens (tertiary/aromatic N) is 2. The number of hydrogen-bond donors (Lipinski definition) is 3. The van der Waals surface area contributed by atoms with E-state index in [2.05, 4.69) is 25.5 Å². The second kappa shape index (κ2) is 10.4. The highest BCUT2D eigenvalue weighted by Crippen LogP contribution is 2.29. The van der Waals surface area contributed by atoms with Crippen LogP contribution in [0.3, 0.4) is 0 Å². The minimum atomic E-state index is -3.17. The maximum Gasteiger partial charge on any atom is 0.280 e. The maximum absolute atomic E-state index is 13.2. The molecule has 1 aliphatic carbocycles. The van der Waals surface area contributed by atoms with Gasteiger partial charge in [-0.05, 0) is 56.5 Å². The van der Waals surface area contributed by atoms with Crippen LogP contribution in [0.4, 0.5) is 0 Å². The predicted octanol–water partition coefficient (Wildman–Crippen LogP) is 3.01. The second-order valence-electron chi connectivity index (χ2n) is 10.2. The third kappa shape index (κ3) is 6.17. The Labute approximate surface area is 224 Å². The number of hydrogen-bond acceptors (Lipinski definition) is 7. The van der Waals surface area contributed by atoms with Crippen LogP contribution in [-0.4, -0.2) is 72.8 Å². The van der Waals surface area contributed by atoms with Crippen LogP contribution in [0.25, 0.3) is 10.9 Å². The lowest BCUT2D eigenvalue weighted by atomic mass is 9.83. The molecule has 2 aliphatic rings. The highest BCUT2D eigenvalue weighted by molar-refractivity contribution is 7.90. The molecular weight excluding hydrogens is 534 g/mol. The third-order valence-corrected chi connectivity index (χ3v) is 9.47. The summed E-state index contributed by atoms with van der Waals surface area (Å²) < 4.78 is 23.9. The smallest absolute Gasteiger partial charge is 0.280 e. The number of benzene rings is 1. The van der Waals surface area contributed by atoms with Crippen molar-refractivity contribution in [2.75, 3.05) is 25.6 Å². The summed E-state index contributed by atoms with van der Waals surface area (Å²) >= 11 is 7.48. The largest absolute Gasteiger partial charge is 0.351 e. The van der Waals surface area contributed by atoms with Crippen LogP contribution < -0.4 is 10.6 Å². The molecule has 1 aliphatic heterocycles. The van der Waals surface area contributed by atoms with E-state index in [0.29, 0.717) is 35.0 Å². The molecule has 0 saturated heterocycles. The number of fused-ring (bicyclic) bond motifs is 2. The number of thiazole rings is 1. The molecule has 0 bridgehead atoms.